The number of ether oxygens (including phenoxy) is 3. The predicted molar refractivity (Wildman–Crippen MR) is 122 cm³/mol. The van der Waals surface area contributed by atoms with E-state index < -0.39 is 0 Å². The second-order valence-electron chi connectivity index (χ2n) is 6.94. The maximum absolute atomic E-state index is 12.8. The molecule has 0 saturated carbocycles. The van der Waals surface area contributed by atoms with Crippen molar-refractivity contribution in [3.05, 3.63) is 83.9 Å². The van der Waals surface area contributed by atoms with Gasteiger partial charge in [0, 0.05) is 6.42 Å². The van der Waals surface area contributed by atoms with E-state index in [4.69, 9.17) is 14.2 Å². The number of hydrogen-bond acceptors (Lipinski definition) is 5. The first-order chi connectivity index (χ1) is 15.2. The lowest BCUT2D eigenvalue weighted by Crippen LogP contribution is -2.42. The summed E-state index contributed by atoms with van der Waals surface area (Å²) in [5.41, 5.74) is 5.94. The van der Waals surface area contributed by atoms with Crippen LogP contribution in [0.2, 0.25) is 0 Å². The zero-order valence-electron chi connectivity index (χ0n) is 18.1. The van der Waals surface area contributed by atoms with Gasteiger partial charge in [-0.2, -0.15) is 0 Å². The molecule has 0 bridgehead atoms. The fourth-order valence-electron chi connectivity index (χ4n) is 3.38. The van der Waals surface area contributed by atoms with Crippen LogP contribution in [0.3, 0.4) is 0 Å². The third-order valence-corrected chi connectivity index (χ3v) is 4.92. The molecule has 162 valence electrons. The molecule has 0 aliphatic rings. The highest BCUT2D eigenvalue weighted by Gasteiger charge is 2.17. The van der Waals surface area contributed by atoms with Gasteiger partial charge in [-0.15, -0.1) is 0 Å². The van der Waals surface area contributed by atoms with E-state index >= 15 is 0 Å². The van der Waals surface area contributed by atoms with Crippen LogP contribution in [0.4, 0.5) is 5.69 Å². The maximum Gasteiger partial charge on any atom is 0.238 e. The summed E-state index contributed by atoms with van der Waals surface area (Å²) in [4.78, 5) is 12.8. The molecule has 1 N–H and O–H groups in total. The number of benzene rings is 3. The second-order valence-corrected chi connectivity index (χ2v) is 6.94. The molecule has 3 rings (SSSR count). The number of para-hydroxylation sites is 1. The minimum Gasteiger partial charge on any atom is -0.493 e. The summed E-state index contributed by atoms with van der Waals surface area (Å²) in [5.74, 6) is 1.61. The molecule has 6 heteroatoms. The van der Waals surface area contributed by atoms with Crippen molar-refractivity contribution < 1.29 is 19.0 Å². The van der Waals surface area contributed by atoms with Crippen molar-refractivity contribution in [2.24, 2.45) is 0 Å². The number of nitrogens with zero attached hydrogens (tertiary/aromatic N) is 1. The van der Waals surface area contributed by atoms with Crippen molar-refractivity contribution >= 4 is 11.6 Å². The van der Waals surface area contributed by atoms with Crippen molar-refractivity contribution in [3.63, 3.8) is 0 Å². The molecule has 0 spiro atoms. The van der Waals surface area contributed by atoms with Crippen LogP contribution < -0.4 is 24.6 Å². The van der Waals surface area contributed by atoms with Crippen LogP contribution in [0.25, 0.3) is 0 Å². The van der Waals surface area contributed by atoms with Crippen molar-refractivity contribution in [1.29, 1.82) is 0 Å². The van der Waals surface area contributed by atoms with Gasteiger partial charge in [-0.25, -0.2) is 0 Å². The zero-order valence-corrected chi connectivity index (χ0v) is 18.1. The summed E-state index contributed by atoms with van der Waals surface area (Å²) in [5, 5.41) is 1.86. The van der Waals surface area contributed by atoms with Gasteiger partial charge < -0.3 is 14.2 Å². The Morgan fingerprint density at radius 2 is 1.45 bits per heavy atom. The van der Waals surface area contributed by atoms with Gasteiger partial charge in [0.05, 0.1) is 33.6 Å². The maximum atomic E-state index is 12.8. The van der Waals surface area contributed by atoms with E-state index in [2.05, 4.69) is 5.43 Å². The van der Waals surface area contributed by atoms with Gasteiger partial charge in [0.25, 0.3) is 0 Å². The summed E-state index contributed by atoms with van der Waals surface area (Å²) in [6, 6.07) is 23.6. The first-order valence-electron chi connectivity index (χ1n) is 10.1. The van der Waals surface area contributed by atoms with Crippen LogP contribution >= 0.6 is 0 Å². The molecule has 0 unspecified atom stereocenters. The fourth-order valence-corrected chi connectivity index (χ4v) is 3.38. The normalized spacial score (nSPS) is 10.3. The standard InChI is InChI=1S/C25H28N2O4/c1-29-22-16-14-20(24(30-2)25(22)31-3)15-17-23(28)26-27(21-12-8-5-9-13-21)18-19-10-6-4-7-11-19/h4-14,16H,15,17-18H2,1-3H3,(H,26,28). The van der Waals surface area contributed by atoms with Crippen LogP contribution in [0.5, 0.6) is 17.2 Å². The highest BCUT2D eigenvalue weighted by atomic mass is 16.5. The Hall–Kier alpha value is -3.67. The highest BCUT2D eigenvalue weighted by Crippen LogP contribution is 2.40. The molecule has 1 amide bonds. The molecule has 3 aromatic carbocycles. The Labute approximate surface area is 183 Å². The second kappa shape index (κ2) is 10.9. The minimum atomic E-state index is -0.0865. The van der Waals surface area contributed by atoms with E-state index in [1.807, 2.05) is 77.8 Å². The molecule has 0 saturated heterocycles. The Kier molecular flexibility index (Phi) is 7.76. The van der Waals surface area contributed by atoms with Gasteiger partial charge in [0.1, 0.15) is 0 Å². The largest absolute Gasteiger partial charge is 0.493 e. The minimum absolute atomic E-state index is 0.0865. The Morgan fingerprint density at radius 3 is 2.06 bits per heavy atom. The number of carbonyl (C=O) groups is 1. The van der Waals surface area contributed by atoms with Crippen molar-refractivity contribution in [2.45, 2.75) is 19.4 Å². The van der Waals surface area contributed by atoms with Crippen LogP contribution in [0.1, 0.15) is 17.5 Å². The number of nitrogens with one attached hydrogen (secondary N) is 1. The summed E-state index contributed by atoms with van der Waals surface area (Å²) in [7, 11) is 4.73. The quantitative estimate of drug-likeness (QED) is 0.493. The summed E-state index contributed by atoms with van der Waals surface area (Å²) < 4.78 is 16.3. The first-order valence-corrected chi connectivity index (χ1v) is 10.1. The SMILES string of the molecule is COc1ccc(CCC(=O)NN(Cc2ccccc2)c2ccccc2)c(OC)c1OC. The Balaban J connectivity index is 1.71. The lowest BCUT2D eigenvalue weighted by molar-refractivity contribution is -0.121. The summed E-state index contributed by atoms with van der Waals surface area (Å²) in [6.45, 7) is 0.566. The van der Waals surface area contributed by atoms with Gasteiger partial charge in [-0.3, -0.25) is 15.2 Å². The molecule has 0 atom stereocenters. The predicted octanol–water partition coefficient (Wildman–Crippen LogP) is 4.38. The Bertz CT molecular complexity index is 978. The number of aryl methyl sites for hydroxylation is 1. The number of amides is 1. The van der Waals surface area contributed by atoms with Gasteiger partial charge in [0.2, 0.25) is 11.7 Å². The van der Waals surface area contributed by atoms with Crippen molar-refractivity contribution in [1.82, 2.24) is 5.43 Å². The number of anilines is 1. The van der Waals surface area contributed by atoms with Gasteiger partial charge in [-0.05, 0) is 35.7 Å². The molecule has 0 fully saturated rings. The first kappa shape index (κ1) is 22.0. The number of hydrazine groups is 1. The third-order valence-electron chi connectivity index (χ3n) is 4.92. The molecule has 0 heterocycles. The molecular formula is C25H28N2O4. The number of rotatable bonds is 10. The smallest absolute Gasteiger partial charge is 0.238 e. The third kappa shape index (κ3) is 5.69. The average molecular weight is 421 g/mol. The fraction of sp³-hybridized carbons (Fsp3) is 0.240. The Morgan fingerprint density at radius 1 is 0.806 bits per heavy atom. The van der Waals surface area contributed by atoms with Crippen molar-refractivity contribution in [3.8, 4) is 17.2 Å². The van der Waals surface area contributed by atoms with E-state index in [-0.39, 0.29) is 5.91 Å². The van der Waals surface area contributed by atoms with Gasteiger partial charge in [-0.1, -0.05) is 54.6 Å². The molecule has 0 aliphatic carbocycles. The van der Waals surface area contributed by atoms with E-state index in [0.29, 0.717) is 36.6 Å². The van der Waals surface area contributed by atoms with Gasteiger partial charge in [0.15, 0.2) is 11.5 Å². The molecule has 3 aromatic rings. The van der Waals surface area contributed by atoms with E-state index in [1.54, 1.807) is 21.3 Å². The molecule has 31 heavy (non-hydrogen) atoms. The number of methoxy groups -OCH3 is 3. The van der Waals surface area contributed by atoms with Gasteiger partial charge >= 0.3 is 0 Å². The monoisotopic (exact) mass is 420 g/mol. The number of carbonyl (C=O) groups excluding carboxylic acids is 1. The molecule has 0 radical (unpaired) electrons. The average Bonchev–Trinajstić information content (AvgIpc) is 2.82. The summed E-state index contributed by atoms with van der Waals surface area (Å²) in [6.07, 6.45) is 0.799. The topological polar surface area (TPSA) is 60.0 Å². The van der Waals surface area contributed by atoms with E-state index in [0.717, 1.165) is 16.8 Å². The van der Waals surface area contributed by atoms with Crippen LogP contribution in [0, 0.1) is 0 Å². The molecular weight excluding hydrogens is 392 g/mol. The lowest BCUT2D eigenvalue weighted by atomic mass is 10.1. The van der Waals surface area contributed by atoms with Crippen LogP contribution in [0.15, 0.2) is 72.8 Å². The van der Waals surface area contributed by atoms with Crippen LogP contribution in [-0.4, -0.2) is 27.2 Å². The molecule has 0 aromatic heterocycles. The molecule has 0 aliphatic heterocycles. The van der Waals surface area contributed by atoms with E-state index in [1.165, 1.54) is 0 Å². The number of hydrogen-bond donors (Lipinski definition) is 1. The van der Waals surface area contributed by atoms with E-state index in [9.17, 15) is 4.79 Å². The highest BCUT2D eigenvalue weighted by molar-refractivity contribution is 5.78. The lowest BCUT2D eigenvalue weighted by Gasteiger charge is -2.25. The summed E-state index contributed by atoms with van der Waals surface area (Å²) >= 11 is 0. The zero-order chi connectivity index (χ0) is 22.1. The molecule has 6 nitrogen and oxygen atoms in total. The van der Waals surface area contributed by atoms with Crippen LogP contribution in [-0.2, 0) is 17.8 Å². The van der Waals surface area contributed by atoms with Crippen molar-refractivity contribution in [2.75, 3.05) is 26.3 Å².